The van der Waals surface area contributed by atoms with E-state index in [0.29, 0.717) is 19.0 Å². The van der Waals surface area contributed by atoms with Crippen LogP contribution in [0.15, 0.2) is 0 Å². The van der Waals surface area contributed by atoms with E-state index < -0.39 is 0 Å². The van der Waals surface area contributed by atoms with Gasteiger partial charge in [0, 0.05) is 25.6 Å². The highest BCUT2D eigenvalue weighted by Gasteiger charge is 2.34. The highest BCUT2D eigenvalue weighted by Crippen LogP contribution is 2.19. The van der Waals surface area contributed by atoms with Crippen LogP contribution in [0, 0.1) is 5.92 Å². The number of carbonyl (C=O) groups is 2. The van der Waals surface area contributed by atoms with Crippen molar-refractivity contribution in [2.75, 3.05) is 26.2 Å². The van der Waals surface area contributed by atoms with Crippen LogP contribution in [0.2, 0.25) is 0 Å². The summed E-state index contributed by atoms with van der Waals surface area (Å²) in [5, 5.41) is 6.07. The molecule has 2 heterocycles. The molecule has 0 spiro atoms. The summed E-state index contributed by atoms with van der Waals surface area (Å²) >= 11 is 0. The SMILES string of the molecule is CCCN(C(=O)C1CNC(=O)C1)C1CCNCC1.Cl. The fourth-order valence-corrected chi connectivity index (χ4v) is 2.85. The molecule has 2 aliphatic rings. The monoisotopic (exact) mass is 289 g/mol. The molecular weight excluding hydrogens is 266 g/mol. The van der Waals surface area contributed by atoms with Crippen molar-refractivity contribution in [1.29, 1.82) is 0 Å². The molecule has 2 saturated heterocycles. The standard InChI is InChI=1S/C13H23N3O2.ClH/c1-2-7-16(11-3-5-14-6-4-11)13(18)10-8-12(17)15-9-10;/h10-11,14H,2-9H2,1H3,(H,15,17);1H. The summed E-state index contributed by atoms with van der Waals surface area (Å²) in [7, 11) is 0. The molecule has 110 valence electrons. The Morgan fingerprint density at radius 1 is 1.37 bits per heavy atom. The lowest BCUT2D eigenvalue weighted by Crippen LogP contribution is -2.48. The van der Waals surface area contributed by atoms with Gasteiger partial charge in [0.1, 0.15) is 0 Å². The highest BCUT2D eigenvalue weighted by molar-refractivity contribution is 5.89. The molecule has 0 aromatic rings. The van der Waals surface area contributed by atoms with E-state index in [4.69, 9.17) is 0 Å². The van der Waals surface area contributed by atoms with Gasteiger partial charge < -0.3 is 15.5 Å². The molecule has 0 aliphatic carbocycles. The Bertz CT molecular complexity index is 319. The first-order valence-corrected chi connectivity index (χ1v) is 7.00. The zero-order valence-electron chi connectivity index (χ0n) is 11.5. The molecule has 0 aromatic carbocycles. The lowest BCUT2D eigenvalue weighted by molar-refractivity contribution is -0.138. The summed E-state index contributed by atoms with van der Waals surface area (Å²) in [4.78, 5) is 25.7. The van der Waals surface area contributed by atoms with Gasteiger partial charge in [0.2, 0.25) is 11.8 Å². The van der Waals surface area contributed by atoms with Gasteiger partial charge in [-0.1, -0.05) is 6.92 Å². The fourth-order valence-electron chi connectivity index (χ4n) is 2.85. The number of nitrogens with one attached hydrogen (secondary N) is 2. The van der Waals surface area contributed by atoms with Crippen LogP contribution in [0.5, 0.6) is 0 Å². The molecule has 1 unspecified atom stereocenters. The van der Waals surface area contributed by atoms with Gasteiger partial charge in [-0.25, -0.2) is 0 Å². The molecule has 0 radical (unpaired) electrons. The summed E-state index contributed by atoms with van der Waals surface area (Å²) in [5.41, 5.74) is 0. The summed E-state index contributed by atoms with van der Waals surface area (Å²) in [6.07, 6.45) is 3.40. The quantitative estimate of drug-likeness (QED) is 0.794. The zero-order valence-corrected chi connectivity index (χ0v) is 12.3. The van der Waals surface area contributed by atoms with Gasteiger partial charge in [0.05, 0.1) is 5.92 Å². The Hall–Kier alpha value is -0.810. The first kappa shape index (κ1) is 16.2. The lowest BCUT2D eigenvalue weighted by atomic mass is 10.0. The highest BCUT2D eigenvalue weighted by atomic mass is 35.5. The Morgan fingerprint density at radius 3 is 2.58 bits per heavy atom. The number of piperidine rings is 1. The van der Waals surface area contributed by atoms with Crippen LogP contribution >= 0.6 is 12.4 Å². The number of hydrogen-bond donors (Lipinski definition) is 2. The maximum atomic E-state index is 12.5. The maximum absolute atomic E-state index is 12.5. The number of rotatable bonds is 4. The van der Waals surface area contributed by atoms with Crippen molar-refractivity contribution in [3.63, 3.8) is 0 Å². The van der Waals surface area contributed by atoms with E-state index in [0.717, 1.165) is 38.9 Å². The number of nitrogens with zero attached hydrogens (tertiary/aromatic N) is 1. The molecule has 5 nitrogen and oxygen atoms in total. The van der Waals surface area contributed by atoms with Gasteiger partial charge in [-0.2, -0.15) is 0 Å². The molecule has 2 aliphatic heterocycles. The Kier molecular flexibility index (Phi) is 6.58. The second-order valence-electron chi connectivity index (χ2n) is 5.22. The maximum Gasteiger partial charge on any atom is 0.228 e. The number of carbonyl (C=O) groups excluding carboxylic acids is 2. The number of hydrogen-bond acceptors (Lipinski definition) is 3. The van der Waals surface area contributed by atoms with E-state index in [1.54, 1.807) is 0 Å². The third-order valence-corrected chi connectivity index (χ3v) is 3.82. The number of amides is 2. The normalized spacial score (nSPS) is 23.6. The van der Waals surface area contributed by atoms with Crippen LogP contribution < -0.4 is 10.6 Å². The van der Waals surface area contributed by atoms with Crippen molar-refractivity contribution in [2.45, 2.75) is 38.6 Å². The van der Waals surface area contributed by atoms with Crippen molar-refractivity contribution in [3.8, 4) is 0 Å². The van der Waals surface area contributed by atoms with Gasteiger partial charge in [0.25, 0.3) is 0 Å². The molecule has 0 aromatic heterocycles. The largest absolute Gasteiger partial charge is 0.355 e. The Balaban J connectivity index is 0.00000180. The van der Waals surface area contributed by atoms with E-state index in [9.17, 15) is 9.59 Å². The minimum atomic E-state index is -0.140. The molecule has 1 atom stereocenters. The second kappa shape index (κ2) is 7.70. The van der Waals surface area contributed by atoms with Crippen molar-refractivity contribution < 1.29 is 9.59 Å². The molecule has 2 fully saturated rings. The summed E-state index contributed by atoms with van der Waals surface area (Å²) in [6.45, 7) is 5.40. The minimum absolute atomic E-state index is 0. The van der Waals surface area contributed by atoms with E-state index >= 15 is 0 Å². The third-order valence-electron chi connectivity index (χ3n) is 3.82. The average Bonchev–Trinajstić information content (AvgIpc) is 2.83. The molecular formula is C13H24ClN3O2. The molecule has 6 heteroatoms. The van der Waals surface area contributed by atoms with Gasteiger partial charge in [-0.3, -0.25) is 9.59 Å². The lowest BCUT2D eigenvalue weighted by Gasteiger charge is -2.36. The van der Waals surface area contributed by atoms with Crippen LogP contribution in [0.3, 0.4) is 0 Å². The Labute approximate surface area is 120 Å². The zero-order chi connectivity index (χ0) is 13.0. The van der Waals surface area contributed by atoms with Crippen LogP contribution in [-0.4, -0.2) is 48.9 Å². The molecule has 19 heavy (non-hydrogen) atoms. The second-order valence-corrected chi connectivity index (χ2v) is 5.22. The van der Waals surface area contributed by atoms with Gasteiger partial charge in [0.15, 0.2) is 0 Å². The summed E-state index contributed by atoms with van der Waals surface area (Å²) in [6, 6.07) is 0.356. The summed E-state index contributed by atoms with van der Waals surface area (Å²) in [5.74, 6) is 0.0381. The predicted molar refractivity (Wildman–Crippen MR) is 76.3 cm³/mol. The van der Waals surface area contributed by atoms with Crippen LogP contribution in [-0.2, 0) is 9.59 Å². The van der Waals surface area contributed by atoms with Crippen molar-refractivity contribution in [3.05, 3.63) is 0 Å². The first-order chi connectivity index (χ1) is 8.72. The van der Waals surface area contributed by atoms with E-state index in [-0.39, 0.29) is 30.1 Å². The minimum Gasteiger partial charge on any atom is -0.355 e. The summed E-state index contributed by atoms with van der Waals surface area (Å²) < 4.78 is 0. The third kappa shape index (κ3) is 4.08. The first-order valence-electron chi connectivity index (χ1n) is 7.00. The van der Waals surface area contributed by atoms with Crippen molar-refractivity contribution >= 4 is 24.2 Å². The average molecular weight is 290 g/mol. The van der Waals surface area contributed by atoms with E-state index in [2.05, 4.69) is 17.6 Å². The van der Waals surface area contributed by atoms with Gasteiger partial charge in [-0.15, -0.1) is 12.4 Å². The van der Waals surface area contributed by atoms with Crippen LogP contribution in [0.1, 0.15) is 32.6 Å². The molecule has 2 rings (SSSR count). The van der Waals surface area contributed by atoms with Crippen molar-refractivity contribution in [2.24, 2.45) is 5.92 Å². The van der Waals surface area contributed by atoms with Gasteiger partial charge in [-0.05, 0) is 32.4 Å². The van der Waals surface area contributed by atoms with Gasteiger partial charge >= 0.3 is 0 Å². The van der Waals surface area contributed by atoms with Crippen molar-refractivity contribution in [1.82, 2.24) is 15.5 Å². The molecule has 0 saturated carbocycles. The van der Waals surface area contributed by atoms with Crippen LogP contribution in [0.4, 0.5) is 0 Å². The molecule has 2 amide bonds. The van der Waals surface area contributed by atoms with E-state index in [1.807, 2.05) is 4.90 Å². The molecule has 0 bridgehead atoms. The predicted octanol–water partition coefficient (Wildman–Crippen LogP) is 0.535. The number of halogens is 1. The Morgan fingerprint density at radius 2 is 2.05 bits per heavy atom. The fraction of sp³-hybridized carbons (Fsp3) is 0.846. The topological polar surface area (TPSA) is 61.4 Å². The molecule has 2 N–H and O–H groups in total. The van der Waals surface area contributed by atoms with E-state index in [1.165, 1.54) is 0 Å². The smallest absolute Gasteiger partial charge is 0.228 e. The van der Waals surface area contributed by atoms with Crippen LogP contribution in [0.25, 0.3) is 0 Å².